The van der Waals surface area contributed by atoms with Gasteiger partial charge in [0, 0.05) is 25.7 Å². The minimum Gasteiger partial charge on any atom is -0.465 e. The summed E-state index contributed by atoms with van der Waals surface area (Å²) in [6.45, 7) is 3.49. The molecule has 0 aliphatic carbocycles. The Kier molecular flexibility index (Phi) is 9.19. The van der Waals surface area contributed by atoms with Crippen LogP contribution in [0.2, 0.25) is 0 Å². The summed E-state index contributed by atoms with van der Waals surface area (Å²) in [7, 11) is 0. The molecule has 4 amide bonds. The van der Waals surface area contributed by atoms with Crippen LogP contribution in [-0.4, -0.2) is 102 Å². The Morgan fingerprint density at radius 3 is 1.58 bits per heavy atom. The highest BCUT2D eigenvalue weighted by Crippen LogP contribution is 2.15. The third-order valence-corrected chi connectivity index (χ3v) is 4.05. The normalized spacial score (nSPS) is 14.0. The van der Waals surface area contributed by atoms with Crippen molar-refractivity contribution in [2.75, 3.05) is 19.7 Å². The van der Waals surface area contributed by atoms with Crippen LogP contribution in [0, 0.1) is 0 Å². The fraction of sp³-hybridized carbons (Fsp3) is 0.714. The number of hydrogen-bond acceptors (Lipinski definition) is 5. The molecule has 0 aromatic carbocycles. The van der Waals surface area contributed by atoms with Crippen molar-refractivity contribution >= 4 is 24.4 Å². The summed E-state index contributed by atoms with van der Waals surface area (Å²) >= 11 is 0. The van der Waals surface area contributed by atoms with E-state index in [1.54, 1.807) is 0 Å². The summed E-state index contributed by atoms with van der Waals surface area (Å²) in [6, 6.07) is -3.08. The highest BCUT2D eigenvalue weighted by Gasteiger charge is 2.36. The van der Waals surface area contributed by atoms with Crippen molar-refractivity contribution in [3.8, 4) is 0 Å². The Hall–Kier alpha value is -2.76. The summed E-state index contributed by atoms with van der Waals surface area (Å²) in [5.74, 6) is 0. The zero-order chi connectivity index (χ0) is 20.6. The molecule has 0 rings (SSSR count). The third-order valence-electron chi connectivity index (χ3n) is 4.05. The quantitative estimate of drug-likeness (QED) is 0.393. The lowest BCUT2D eigenvalue weighted by Crippen LogP contribution is -2.56. The van der Waals surface area contributed by atoms with Gasteiger partial charge in [0.15, 0.2) is 0 Å². The van der Waals surface area contributed by atoms with Crippen LogP contribution in [0.4, 0.5) is 19.2 Å². The molecule has 0 spiro atoms. The van der Waals surface area contributed by atoms with Gasteiger partial charge in [-0.05, 0) is 27.2 Å². The standard InChI is InChI=1S/C14H25N3O9/c1-8(15(11(19)20)5-4-6-18)7-16(12(21)22)9(2)10(3)17(13(23)24)14(25)26/h8-10,18H,4-7H2,1-3H3,(H,19,20)(H,21,22)(H,23,24)(H,25,26). The fourth-order valence-corrected chi connectivity index (χ4v) is 2.45. The van der Waals surface area contributed by atoms with Crippen LogP contribution in [-0.2, 0) is 0 Å². The van der Waals surface area contributed by atoms with Crippen LogP contribution in [0.5, 0.6) is 0 Å². The number of aliphatic hydroxyl groups excluding tert-OH is 1. The van der Waals surface area contributed by atoms with Crippen LogP contribution in [0.3, 0.4) is 0 Å². The van der Waals surface area contributed by atoms with E-state index in [4.69, 9.17) is 15.3 Å². The SMILES string of the molecule is CC(CN(C(=O)O)C(C)C(C)N(C(=O)O)C(=O)O)N(CCCO)C(=O)O. The van der Waals surface area contributed by atoms with Gasteiger partial charge >= 0.3 is 24.4 Å². The number of amides is 4. The molecule has 0 bridgehead atoms. The van der Waals surface area contributed by atoms with E-state index in [0.717, 1.165) is 9.80 Å². The van der Waals surface area contributed by atoms with Crippen molar-refractivity contribution < 1.29 is 44.7 Å². The topological polar surface area (TPSA) is 179 Å². The molecule has 0 aliphatic rings. The van der Waals surface area contributed by atoms with E-state index in [-0.39, 0.29) is 31.0 Å². The Morgan fingerprint density at radius 2 is 1.23 bits per heavy atom. The Labute approximate surface area is 149 Å². The lowest BCUT2D eigenvalue weighted by atomic mass is 10.1. The summed E-state index contributed by atoms with van der Waals surface area (Å²) in [6.07, 6.45) is -6.06. The first-order valence-electron chi connectivity index (χ1n) is 7.80. The third kappa shape index (κ3) is 6.27. The average molecular weight is 379 g/mol. The van der Waals surface area contributed by atoms with Crippen molar-refractivity contribution in [2.24, 2.45) is 0 Å². The summed E-state index contributed by atoms with van der Waals surface area (Å²) in [4.78, 5) is 46.9. The number of rotatable bonds is 9. The van der Waals surface area contributed by atoms with Crippen molar-refractivity contribution in [3.05, 3.63) is 0 Å². The molecule has 12 nitrogen and oxygen atoms in total. The van der Waals surface area contributed by atoms with Crippen molar-refractivity contribution in [3.63, 3.8) is 0 Å². The van der Waals surface area contributed by atoms with Crippen molar-refractivity contribution in [1.82, 2.24) is 14.7 Å². The molecule has 0 aliphatic heterocycles. The summed E-state index contributed by atoms with van der Waals surface area (Å²) < 4.78 is 0. The Balaban J connectivity index is 5.39. The van der Waals surface area contributed by atoms with Gasteiger partial charge in [0.25, 0.3) is 0 Å². The van der Waals surface area contributed by atoms with Gasteiger partial charge in [-0.1, -0.05) is 0 Å². The van der Waals surface area contributed by atoms with E-state index in [1.807, 2.05) is 0 Å². The van der Waals surface area contributed by atoms with Crippen LogP contribution in [0.25, 0.3) is 0 Å². The molecule has 3 atom stereocenters. The Bertz CT molecular complexity index is 514. The maximum absolute atomic E-state index is 11.6. The molecule has 0 heterocycles. The van der Waals surface area contributed by atoms with Gasteiger partial charge in [0.05, 0.1) is 12.1 Å². The van der Waals surface area contributed by atoms with Gasteiger partial charge in [-0.15, -0.1) is 0 Å². The van der Waals surface area contributed by atoms with Gasteiger partial charge < -0.3 is 35.3 Å². The molecule has 0 saturated carbocycles. The van der Waals surface area contributed by atoms with Crippen LogP contribution in [0.1, 0.15) is 27.2 Å². The lowest BCUT2D eigenvalue weighted by Gasteiger charge is -2.37. The number of imide groups is 1. The zero-order valence-electron chi connectivity index (χ0n) is 14.8. The molecule has 12 heteroatoms. The summed E-state index contributed by atoms with van der Waals surface area (Å²) in [5.41, 5.74) is 0. The molecule has 3 unspecified atom stereocenters. The number of carbonyl (C=O) groups is 4. The number of nitrogens with zero attached hydrogens (tertiary/aromatic N) is 3. The number of aliphatic hydroxyl groups is 1. The second kappa shape index (κ2) is 10.3. The zero-order valence-corrected chi connectivity index (χ0v) is 14.8. The van der Waals surface area contributed by atoms with Gasteiger partial charge in [0.2, 0.25) is 0 Å². The van der Waals surface area contributed by atoms with E-state index in [0.29, 0.717) is 0 Å². The van der Waals surface area contributed by atoms with E-state index in [9.17, 15) is 29.4 Å². The lowest BCUT2D eigenvalue weighted by molar-refractivity contribution is 0.0588. The summed E-state index contributed by atoms with van der Waals surface area (Å²) in [5, 5.41) is 45.4. The predicted molar refractivity (Wildman–Crippen MR) is 87.4 cm³/mol. The van der Waals surface area contributed by atoms with Gasteiger partial charge in [-0.2, -0.15) is 0 Å². The van der Waals surface area contributed by atoms with Gasteiger partial charge in [-0.25, -0.2) is 24.1 Å². The largest absolute Gasteiger partial charge is 0.465 e. The first-order chi connectivity index (χ1) is 11.9. The molecule has 0 radical (unpaired) electrons. The predicted octanol–water partition coefficient (Wildman–Crippen LogP) is 1.15. The van der Waals surface area contributed by atoms with E-state index in [1.165, 1.54) is 20.8 Å². The first kappa shape index (κ1) is 23.2. The molecule has 0 fully saturated rings. The molecule has 0 saturated heterocycles. The second-order valence-electron chi connectivity index (χ2n) is 5.75. The van der Waals surface area contributed by atoms with E-state index >= 15 is 0 Å². The second-order valence-corrected chi connectivity index (χ2v) is 5.75. The maximum Gasteiger partial charge on any atom is 0.417 e. The van der Waals surface area contributed by atoms with Gasteiger partial charge in [0.1, 0.15) is 0 Å². The van der Waals surface area contributed by atoms with Crippen LogP contribution in [0.15, 0.2) is 0 Å². The highest BCUT2D eigenvalue weighted by atomic mass is 16.4. The first-order valence-corrected chi connectivity index (χ1v) is 7.80. The molecule has 150 valence electrons. The van der Waals surface area contributed by atoms with E-state index in [2.05, 4.69) is 0 Å². The molecule has 0 aromatic heterocycles. The van der Waals surface area contributed by atoms with Crippen LogP contribution < -0.4 is 0 Å². The van der Waals surface area contributed by atoms with Gasteiger partial charge in [-0.3, -0.25) is 0 Å². The number of carboxylic acid groups (broad SMARTS) is 4. The molecular formula is C14H25N3O9. The average Bonchev–Trinajstić information content (AvgIpc) is 2.50. The minimum absolute atomic E-state index is 0.0131. The van der Waals surface area contributed by atoms with Crippen LogP contribution >= 0.6 is 0 Å². The van der Waals surface area contributed by atoms with Crippen molar-refractivity contribution in [1.29, 1.82) is 0 Å². The fourth-order valence-electron chi connectivity index (χ4n) is 2.45. The molecular weight excluding hydrogens is 354 g/mol. The molecule has 26 heavy (non-hydrogen) atoms. The monoisotopic (exact) mass is 379 g/mol. The Morgan fingerprint density at radius 1 is 0.769 bits per heavy atom. The highest BCUT2D eigenvalue weighted by molar-refractivity contribution is 5.86. The smallest absolute Gasteiger partial charge is 0.417 e. The maximum atomic E-state index is 11.6. The molecule has 0 aromatic rings. The minimum atomic E-state index is -1.75. The van der Waals surface area contributed by atoms with E-state index < -0.39 is 42.5 Å². The molecule has 5 N–H and O–H groups in total. The number of hydrogen-bond donors (Lipinski definition) is 5. The van der Waals surface area contributed by atoms with Crippen molar-refractivity contribution in [2.45, 2.75) is 45.3 Å².